The maximum absolute atomic E-state index is 12.6. The van der Waals surface area contributed by atoms with Gasteiger partial charge in [-0.1, -0.05) is 35.9 Å². The lowest BCUT2D eigenvalue weighted by Gasteiger charge is -2.25. The second kappa shape index (κ2) is 6.73. The van der Waals surface area contributed by atoms with Gasteiger partial charge in [0.05, 0.1) is 13.2 Å². The van der Waals surface area contributed by atoms with Crippen molar-refractivity contribution in [2.45, 2.75) is 25.8 Å². The molecule has 1 atom stereocenters. The summed E-state index contributed by atoms with van der Waals surface area (Å²) in [5.41, 5.74) is 3.19. The molecule has 1 aliphatic rings. The van der Waals surface area contributed by atoms with Crippen LogP contribution in [0.25, 0.3) is 0 Å². The van der Waals surface area contributed by atoms with E-state index in [9.17, 15) is 4.79 Å². The van der Waals surface area contributed by atoms with Crippen LogP contribution >= 0.6 is 0 Å². The fraction of sp³-hybridized carbons (Fsp3) is 0.316. The number of nitrogens with zero attached hydrogens (tertiary/aromatic N) is 1. The van der Waals surface area contributed by atoms with Crippen molar-refractivity contribution in [3.63, 3.8) is 0 Å². The van der Waals surface area contributed by atoms with Crippen molar-refractivity contribution in [2.24, 2.45) is 0 Å². The first-order valence-electron chi connectivity index (χ1n) is 7.95. The summed E-state index contributed by atoms with van der Waals surface area (Å²) in [7, 11) is 1.62. The third-order valence-electron chi connectivity index (χ3n) is 4.30. The standard InChI is InChI=1S/C19H22N2O2/c1-14-8-10-15(11-9-14)18-7-4-12-21(18)19(22)20-16-5-3-6-17(13-16)23-2/h3,5-6,8-11,13,18H,4,7,12H2,1-2H3,(H,20,22)/t18-/m0/s1. The van der Waals surface area contributed by atoms with Crippen molar-refractivity contribution in [3.8, 4) is 5.75 Å². The third kappa shape index (κ3) is 3.47. The fourth-order valence-electron chi connectivity index (χ4n) is 3.04. The highest BCUT2D eigenvalue weighted by Gasteiger charge is 2.29. The van der Waals surface area contributed by atoms with Crippen LogP contribution in [-0.2, 0) is 0 Å². The molecule has 2 amide bonds. The van der Waals surface area contributed by atoms with Crippen LogP contribution in [0.4, 0.5) is 10.5 Å². The molecule has 2 aromatic carbocycles. The normalized spacial score (nSPS) is 17.1. The predicted octanol–water partition coefficient (Wildman–Crippen LogP) is 4.37. The molecule has 0 aliphatic carbocycles. The number of amides is 2. The second-order valence-electron chi connectivity index (χ2n) is 5.92. The van der Waals surface area contributed by atoms with E-state index in [1.165, 1.54) is 11.1 Å². The van der Waals surface area contributed by atoms with E-state index in [4.69, 9.17) is 4.74 Å². The van der Waals surface area contributed by atoms with Crippen LogP contribution < -0.4 is 10.1 Å². The Hall–Kier alpha value is -2.49. The lowest BCUT2D eigenvalue weighted by molar-refractivity contribution is 0.207. The number of ether oxygens (including phenoxy) is 1. The van der Waals surface area contributed by atoms with Gasteiger partial charge in [0.2, 0.25) is 0 Å². The number of anilines is 1. The van der Waals surface area contributed by atoms with Gasteiger partial charge in [-0.05, 0) is 37.5 Å². The molecule has 120 valence electrons. The van der Waals surface area contributed by atoms with Gasteiger partial charge in [0.15, 0.2) is 0 Å². The lowest BCUT2D eigenvalue weighted by atomic mass is 10.0. The molecule has 0 unspecified atom stereocenters. The Bertz CT molecular complexity index is 682. The summed E-state index contributed by atoms with van der Waals surface area (Å²) in [6.07, 6.45) is 2.04. The summed E-state index contributed by atoms with van der Waals surface area (Å²) in [5.74, 6) is 0.735. The molecule has 1 fully saturated rings. The zero-order chi connectivity index (χ0) is 16.2. The number of benzene rings is 2. The minimum atomic E-state index is -0.0543. The van der Waals surface area contributed by atoms with Gasteiger partial charge in [0, 0.05) is 18.3 Å². The molecule has 1 heterocycles. The number of carbonyl (C=O) groups excluding carboxylic acids is 1. The molecule has 1 saturated heterocycles. The molecule has 0 aromatic heterocycles. The van der Waals surface area contributed by atoms with Crippen LogP contribution in [0.1, 0.15) is 30.0 Å². The van der Waals surface area contributed by atoms with Gasteiger partial charge >= 0.3 is 6.03 Å². The van der Waals surface area contributed by atoms with Gasteiger partial charge in [0.1, 0.15) is 5.75 Å². The minimum absolute atomic E-state index is 0.0543. The number of aryl methyl sites for hydroxylation is 1. The summed E-state index contributed by atoms with van der Waals surface area (Å²) >= 11 is 0. The van der Waals surface area contributed by atoms with Crippen molar-refractivity contribution in [3.05, 3.63) is 59.7 Å². The fourth-order valence-corrected chi connectivity index (χ4v) is 3.04. The van der Waals surface area contributed by atoms with Crippen LogP contribution in [0.5, 0.6) is 5.75 Å². The first kappa shape index (κ1) is 15.4. The maximum atomic E-state index is 12.6. The van der Waals surface area contributed by atoms with E-state index in [1.54, 1.807) is 7.11 Å². The Morgan fingerprint density at radius 3 is 2.74 bits per heavy atom. The zero-order valence-corrected chi connectivity index (χ0v) is 13.6. The summed E-state index contributed by atoms with van der Waals surface area (Å²) in [6, 6.07) is 16.0. The van der Waals surface area contributed by atoms with Gasteiger partial charge < -0.3 is 15.0 Å². The average Bonchev–Trinajstić information content (AvgIpc) is 3.05. The van der Waals surface area contributed by atoms with Crippen LogP contribution in [0.3, 0.4) is 0 Å². The Kier molecular flexibility index (Phi) is 4.51. The SMILES string of the molecule is COc1cccc(NC(=O)N2CCC[C@H]2c2ccc(C)cc2)c1. The van der Waals surface area contributed by atoms with E-state index in [0.717, 1.165) is 30.8 Å². The average molecular weight is 310 g/mol. The monoisotopic (exact) mass is 310 g/mol. The Morgan fingerprint density at radius 2 is 2.00 bits per heavy atom. The van der Waals surface area contributed by atoms with Crippen LogP contribution in [0, 0.1) is 6.92 Å². The Balaban J connectivity index is 1.74. The van der Waals surface area contributed by atoms with Gasteiger partial charge in [-0.25, -0.2) is 4.79 Å². The molecule has 2 aromatic rings. The van der Waals surface area contributed by atoms with Crippen LogP contribution in [-0.4, -0.2) is 24.6 Å². The minimum Gasteiger partial charge on any atom is -0.497 e. The van der Waals surface area contributed by atoms with E-state index in [0.29, 0.717) is 0 Å². The van der Waals surface area contributed by atoms with Gasteiger partial charge in [-0.2, -0.15) is 0 Å². The number of carbonyl (C=O) groups is 1. The topological polar surface area (TPSA) is 41.6 Å². The summed E-state index contributed by atoms with van der Waals surface area (Å²) < 4.78 is 5.20. The Morgan fingerprint density at radius 1 is 1.22 bits per heavy atom. The molecule has 4 nitrogen and oxygen atoms in total. The number of nitrogens with one attached hydrogen (secondary N) is 1. The van der Waals surface area contributed by atoms with E-state index in [-0.39, 0.29) is 12.1 Å². The van der Waals surface area contributed by atoms with Crippen molar-refractivity contribution in [1.82, 2.24) is 4.90 Å². The quantitative estimate of drug-likeness (QED) is 0.914. The molecule has 1 aliphatic heterocycles. The van der Waals surface area contributed by atoms with E-state index in [2.05, 4.69) is 36.5 Å². The van der Waals surface area contributed by atoms with Crippen molar-refractivity contribution < 1.29 is 9.53 Å². The largest absolute Gasteiger partial charge is 0.497 e. The van der Waals surface area contributed by atoms with E-state index < -0.39 is 0 Å². The van der Waals surface area contributed by atoms with Crippen molar-refractivity contribution in [1.29, 1.82) is 0 Å². The number of urea groups is 1. The first-order chi connectivity index (χ1) is 11.2. The number of hydrogen-bond donors (Lipinski definition) is 1. The van der Waals surface area contributed by atoms with Crippen molar-refractivity contribution >= 4 is 11.7 Å². The molecular weight excluding hydrogens is 288 g/mol. The summed E-state index contributed by atoms with van der Waals surface area (Å²) in [6.45, 7) is 2.86. The maximum Gasteiger partial charge on any atom is 0.322 e. The number of likely N-dealkylation sites (tertiary alicyclic amines) is 1. The molecule has 0 saturated carbocycles. The second-order valence-corrected chi connectivity index (χ2v) is 5.92. The molecular formula is C19H22N2O2. The zero-order valence-electron chi connectivity index (χ0n) is 13.6. The molecule has 4 heteroatoms. The smallest absolute Gasteiger partial charge is 0.322 e. The highest BCUT2D eigenvalue weighted by atomic mass is 16.5. The molecule has 0 bridgehead atoms. The molecule has 1 N–H and O–H groups in total. The number of methoxy groups -OCH3 is 1. The first-order valence-corrected chi connectivity index (χ1v) is 7.95. The molecule has 23 heavy (non-hydrogen) atoms. The lowest BCUT2D eigenvalue weighted by Crippen LogP contribution is -2.34. The van der Waals surface area contributed by atoms with Gasteiger partial charge in [0.25, 0.3) is 0 Å². The van der Waals surface area contributed by atoms with Crippen molar-refractivity contribution in [2.75, 3.05) is 19.0 Å². The summed E-state index contributed by atoms with van der Waals surface area (Å²) in [4.78, 5) is 14.6. The highest BCUT2D eigenvalue weighted by Crippen LogP contribution is 2.32. The van der Waals surface area contributed by atoms with E-state index in [1.807, 2.05) is 29.2 Å². The molecule has 0 radical (unpaired) electrons. The summed E-state index contributed by atoms with van der Waals surface area (Å²) in [5, 5.41) is 2.98. The number of rotatable bonds is 3. The van der Waals surface area contributed by atoms with E-state index >= 15 is 0 Å². The number of hydrogen-bond acceptors (Lipinski definition) is 2. The molecule has 3 rings (SSSR count). The predicted molar refractivity (Wildman–Crippen MR) is 91.9 cm³/mol. The Labute approximate surface area is 137 Å². The van der Waals surface area contributed by atoms with Crippen LogP contribution in [0.2, 0.25) is 0 Å². The third-order valence-corrected chi connectivity index (χ3v) is 4.30. The van der Waals surface area contributed by atoms with Gasteiger partial charge in [-0.15, -0.1) is 0 Å². The molecule has 0 spiro atoms. The highest BCUT2D eigenvalue weighted by molar-refractivity contribution is 5.90. The van der Waals surface area contributed by atoms with Crippen LogP contribution in [0.15, 0.2) is 48.5 Å². The van der Waals surface area contributed by atoms with Gasteiger partial charge in [-0.3, -0.25) is 0 Å².